The molecule has 0 saturated heterocycles. The van der Waals surface area contributed by atoms with Crippen LogP contribution in [0.5, 0.6) is 0 Å². The maximum atomic E-state index is 11.9. The molecule has 1 aromatic carbocycles. The summed E-state index contributed by atoms with van der Waals surface area (Å²) in [5.74, 6) is -0.951. The van der Waals surface area contributed by atoms with E-state index in [-0.39, 0.29) is 4.90 Å². The first-order chi connectivity index (χ1) is 9.46. The highest BCUT2D eigenvalue weighted by Gasteiger charge is 2.31. The summed E-state index contributed by atoms with van der Waals surface area (Å²) in [5.41, 5.74) is 0.0928. The van der Waals surface area contributed by atoms with E-state index in [1.54, 1.807) is 12.1 Å². The van der Waals surface area contributed by atoms with Crippen molar-refractivity contribution in [3.63, 3.8) is 0 Å². The smallest absolute Gasteiger partial charge is 0.326 e. The number of hydrogen-bond acceptors (Lipinski definition) is 4. The number of nitrogens with zero attached hydrogens (tertiary/aromatic N) is 1. The van der Waals surface area contributed by atoms with Crippen LogP contribution in [0.4, 0.5) is 5.69 Å². The number of nitrogens with one attached hydrogen (secondary N) is 1. The van der Waals surface area contributed by atoms with Crippen molar-refractivity contribution < 1.29 is 18.3 Å². The third-order valence-corrected chi connectivity index (χ3v) is 4.89. The number of anilines is 1. The van der Waals surface area contributed by atoms with E-state index >= 15 is 0 Å². The predicted molar refractivity (Wildman–Crippen MR) is 81.8 cm³/mol. The SMILES string of the molecule is CN(C)S(=O)(=O)c1ccc(NC(C(=O)O)C(C)(C)C)cc1. The van der Waals surface area contributed by atoms with Gasteiger partial charge in [-0.3, -0.25) is 0 Å². The van der Waals surface area contributed by atoms with Gasteiger partial charge in [0, 0.05) is 19.8 Å². The molecule has 0 saturated carbocycles. The van der Waals surface area contributed by atoms with Gasteiger partial charge in [-0.15, -0.1) is 0 Å². The first kappa shape index (κ1) is 17.5. The van der Waals surface area contributed by atoms with Gasteiger partial charge in [-0.05, 0) is 29.7 Å². The molecule has 0 aliphatic rings. The Bertz CT molecular complexity index is 601. The molecule has 1 aromatic rings. The van der Waals surface area contributed by atoms with Crippen molar-refractivity contribution in [1.29, 1.82) is 0 Å². The summed E-state index contributed by atoms with van der Waals surface area (Å²) in [7, 11) is -0.558. The van der Waals surface area contributed by atoms with Gasteiger partial charge in [-0.1, -0.05) is 20.8 Å². The fraction of sp³-hybridized carbons (Fsp3) is 0.500. The van der Waals surface area contributed by atoms with Crippen molar-refractivity contribution >= 4 is 21.7 Å². The summed E-state index contributed by atoms with van der Waals surface area (Å²) < 4.78 is 25.0. The highest BCUT2D eigenvalue weighted by molar-refractivity contribution is 7.89. The van der Waals surface area contributed by atoms with E-state index in [0.29, 0.717) is 5.69 Å². The minimum atomic E-state index is -3.48. The van der Waals surface area contributed by atoms with Gasteiger partial charge in [-0.25, -0.2) is 17.5 Å². The third-order valence-electron chi connectivity index (χ3n) is 3.06. The van der Waals surface area contributed by atoms with Crippen LogP contribution in [0.15, 0.2) is 29.2 Å². The van der Waals surface area contributed by atoms with Gasteiger partial charge in [0.05, 0.1) is 4.90 Å². The van der Waals surface area contributed by atoms with Crippen molar-refractivity contribution in [1.82, 2.24) is 4.31 Å². The molecule has 0 bridgehead atoms. The van der Waals surface area contributed by atoms with Gasteiger partial charge >= 0.3 is 5.97 Å². The molecule has 118 valence electrons. The van der Waals surface area contributed by atoms with Crippen LogP contribution in [-0.2, 0) is 14.8 Å². The van der Waals surface area contributed by atoms with Gasteiger partial charge < -0.3 is 10.4 Å². The Morgan fingerprint density at radius 1 is 1.19 bits per heavy atom. The molecule has 0 aromatic heterocycles. The van der Waals surface area contributed by atoms with Crippen molar-refractivity contribution in [2.75, 3.05) is 19.4 Å². The molecule has 1 rings (SSSR count). The number of carboxylic acids is 1. The molecule has 0 heterocycles. The number of carboxylic acid groups (broad SMARTS) is 1. The molecule has 6 nitrogen and oxygen atoms in total. The predicted octanol–water partition coefficient (Wildman–Crippen LogP) is 1.85. The standard InChI is InChI=1S/C14H22N2O4S/c1-14(2,3)12(13(17)18)15-10-6-8-11(9-7-10)21(19,20)16(4)5/h6-9,12,15H,1-5H3,(H,17,18). The van der Waals surface area contributed by atoms with Gasteiger partial charge in [0.1, 0.15) is 6.04 Å². The highest BCUT2D eigenvalue weighted by Crippen LogP contribution is 2.24. The van der Waals surface area contributed by atoms with E-state index in [9.17, 15) is 18.3 Å². The lowest BCUT2D eigenvalue weighted by atomic mass is 9.86. The second kappa shape index (κ2) is 6.03. The molecule has 0 spiro atoms. The van der Waals surface area contributed by atoms with Crippen molar-refractivity contribution in [3.05, 3.63) is 24.3 Å². The van der Waals surface area contributed by atoms with Crippen molar-refractivity contribution in [3.8, 4) is 0 Å². The number of rotatable bonds is 5. The molecule has 1 unspecified atom stereocenters. The van der Waals surface area contributed by atoms with Crippen LogP contribution in [0.25, 0.3) is 0 Å². The maximum Gasteiger partial charge on any atom is 0.326 e. The molecule has 21 heavy (non-hydrogen) atoms. The molecule has 0 aliphatic heterocycles. The molecule has 2 N–H and O–H groups in total. The minimum Gasteiger partial charge on any atom is -0.480 e. The zero-order chi connectivity index (χ0) is 16.4. The zero-order valence-electron chi connectivity index (χ0n) is 12.9. The molecule has 1 atom stereocenters. The molecule has 0 fully saturated rings. The monoisotopic (exact) mass is 314 g/mol. The number of aliphatic carboxylic acids is 1. The van der Waals surface area contributed by atoms with Gasteiger partial charge in [-0.2, -0.15) is 0 Å². The summed E-state index contributed by atoms with van der Waals surface area (Å²) >= 11 is 0. The fourth-order valence-electron chi connectivity index (χ4n) is 1.75. The zero-order valence-corrected chi connectivity index (χ0v) is 13.7. The van der Waals surface area contributed by atoms with E-state index in [2.05, 4.69) is 5.32 Å². The molecule has 0 aliphatic carbocycles. The lowest BCUT2D eigenvalue weighted by Gasteiger charge is -2.28. The Labute approximate surface area is 125 Å². The average Bonchev–Trinajstić information content (AvgIpc) is 2.34. The number of carbonyl (C=O) groups is 1. The van der Waals surface area contributed by atoms with Gasteiger partial charge in [0.2, 0.25) is 10.0 Å². The van der Waals surface area contributed by atoms with Crippen LogP contribution in [0.1, 0.15) is 20.8 Å². The molecule has 0 radical (unpaired) electrons. The number of benzene rings is 1. The summed E-state index contributed by atoms with van der Waals surface area (Å²) in [6, 6.07) is 5.28. The van der Waals surface area contributed by atoms with Gasteiger partial charge in [0.25, 0.3) is 0 Å². The van der Waals surface area contributed by atoms with Crippen LogP contribution in [-0.4, -0.2) is 43.9 Å². The summed E-state index contributed by atoms with van der Waals surface area (Å²) in [4.78, 5) is 11.5. The second-order valence-electron chi connectivity index (χ2n) is 6.09. The van der Waals surface area contributed by atoms with Crippen LogP contribution in [0.3, 0.4) is 0 Å². The highest BCUT2D eigenvalue weighted by atomic mass is 32.2. The summed E-state index contributed by atoms with van der Waals surface area (Å²) in [5, 5.41) is 12.2. The Kier molecular flexibility index (Phi) is 5.01. The molecule has 7 heteroatoms. The quantitative estimate of drug-likeness (QED) is 0.866. The number of hydrogen-bond donors (Lipinski definition) is 2. The summed E-state index contributed by atoms with van der Waals surface area (Å²) in [6.45, 7) is 5.47. The fourth-order valence-corrected chi connectivity index (χ4v) is 2.65. The lowest BCUT2D eigenvalue weighted by Crippen LogP contribution is -2.41. The van der Waals surface area contributed by atoms with Crippen LogP contribution >= 0.6 is 0 Å². The first-order valence-electron chi connectivity index (χ1n) is 6.48. The van der Waals surface area contributed by atoms with E-state index < -0.39 is 27.4 Å². The lowest BCUT2D eigenvalue weighted by molar-refractivity contribution is -0.140. The topological polar surface area (TPSA) is 86.7 Å². The Hall–Kier alpha value is -1.60. The molecular weight excluding hydrogens is 292 g/mol. The van der Waals surface area contributed by atoms with E-state index in [0.717, 1.165) is 4.31 Å². The summed E-state index contributed by atoms with van der Waals surface area (Å²) in [6.07, 6.45) is 0. The van der Waals surface area contributed by atoms with Crippen molar-refractivity contribution in [2.45, 2.75) is 31.7 Å². The van der Waals surface area contributed by atoms with Crippen LogP contribution in [0, 0.1) is 5.41 Å². The van der Waals surface area contributed by atoms with Crippen LogP contribution in [0.2, 0.25) is 0 Å². The first-order valence-corrected chi connectivity index (χ1v) is 7.92. The molecular formula is C14H22N2O4S. The van der Waals surface area contributed by atoms with Crippen molar-refractivity contribution in [2.24, 2.45) is 5.41 Å². The number of sulfonamides is 1. The Morgan fingerprint density at radius 3 is 2.00 bits per heavy atom. The molecule has 0 amide bonds. The largest absolute Gasteiger partial charge is 0.480 e. The van der Waals surface area contributed by atoms with E-state index in [4.69, 9.17) is 0 Å². The van der Waals surface area contributed by atoms with Gasteiger partial charge in [0.15, 0.2) is 0 Å². The average molecular weight is 314 g/mol. The third kappa shape index (κ3) is 4.18. The van der Waals surface area contributed by atoms with E-state index in [1.807, 2.05) is 20.8 Å². The normalized spacial score (nSPS) is 14.0. The van der Waals surface area contributed by atoms with E-state index in [1.165, 1.54) is 26.2 Å². The minimum absolute atomic E-state index is 0.167. The van der Waals surface area contributed by atoms with Crippen LogP contribution < -0.4 is 5.32 Å². The Balaban J connectivity index is 3.01. The maximum absolute atomic E-state index is 11.9. The second-order valence-corrected chi connectivity index (χ2v) is 8.25. The Morgan fingerprint density at radius 2 is 1.67 bits per heavy atom.